The van der Waals surface area contributed by atoms with Crippen molar-refractivity contribution in [3.63, 3.8) is 0 Å². The Balaban J connectivity index is 1.78. The second-order valence-electron chi connectivity index (χ2n) is 6.71. The zero-order valence-corrected chi connectivity index (χ0v) is 13.2. The highest BCUT2D eigenvalue weighted by Crippen LogP contribution is 2.37. The number of rotatable bonds is 5. The maximum absolute atomic E-state index is 13.1. The maximum atomic E-state index is 13.1. The summed E-state index contributed by atoms with van der Waals surface area (Å²) in [6.45, 7) is 6.85. The molecule has 0 bridgehead atoms. The highest BCUT2D eigenvalue weighted by molar-refractivity contribution is 5.84. The van der Waals surface area contributed by atoms with Gasteiger partial charge in [-0.25, -0.2) is 0 Å². The highest BCUT2D eigenvalue weighted by Gasteiger charge is 2.45. The van der Waals surface area contributed by atoms with Gasteiger partial charge in [-0.15, -0.1) is 0 Å². The second kappa shape index (κ2) is 5.80. The lowest BCUT2D eigenvalue weighted by molar-refractivity contribution is -0.142. The van der Waals surface area contributed by atoms with Crippen molar-refractivity contribution in [1.82, 2.24) is 10.2 Å². The lowest BCUT2D eigenvalue weighted by Gasteiger charge is -2.33. The quantitative estimate of drug-likeness (QED) is 0.902. The lowest BCUT2D eigenvalue weighted by atomic mass is 9.82. The van der Waals surface area contributed by atoms with Crippen LogP contribution in [0.3, 0.4) is 0 Å². The predicted octanol–water partition coefficient (Wildman–Crippen LogP) is 2.88. The lowest BCUT2D eigenvalue weighted by Crippen LogP contribution is -2.45. The first-order valence-corrected chi connectivity index (χ1v) is 8.22. The molecule has 1 atom stereocenters. The highest BCUT2D eigenvalue weighted by atomic mass is 16.2. The van der Waals surface area contributed by atoms with Crippen LogP contribution in [-0.4, -0.2) is 29.9 Å². The van der Waals surface area contributed by atoms with E-state index in [9.17, 15) is 4.79 Å². The summed E-state index contributed by atoms with van der Waals surface area (Å²) in [5, 5.41) is 3.38. The Morgan fingerprint density at radius 1 is 1.33 bits per heavy atom. The van der Waals surface area contributed by atoms with Gasteiger partial charge in [-0.3, -0.25) is 4.79 Å². The average molecular weight is 286 g/mol. The normalized spacial score (nSPS) is 25.0. The van der Waals surface area contributed by atoms with E-state index in [2.05, 4.69) is 48.3 Å². The van der Waals surface area contributed by atoms with E-state index in [1.54, 1.807) is 0 Å². The van der Waals surface area contributed by atoms with Crippen molar-refractivity contribution >= 4 is 5.91 Å². The molecule has 3 heteroatoms. The molecule has 3 nitrogen and oxygen atoms in total. The third kappa shape index (κ3) is 2.98. The zero-order valence-electron chi connectivity index (χ0n) is 13.2. The zero-order chi connectivity index (χ0) is 14.9. The summed E-state index contributed by atoms with van der Waals surface area (Å²) in [5.74, 6) is 0.373. The molecule has 2 fully saturated rings. The van der Waals surface area contributed by atoms with Gasteiger partial charge in [-0.2, -0.15) is 0 Å². The van der Waals surface area contributed by atoms with Gasteiger partial charge in [0, 0.05) is 19.1 Å². The number of hydrogen-bond acceptors (Lipinski definition) is 2. The number of benzene rings is 1. The van der Waals surface area contributed by atoms with Crippen LogP contribution >= 0.6 is 0 Å². The van der Waals surface area contributed by atoms with E-state index in [0.717, 1.165) is 32.5 Å². The van der Waals surface area contributed by atoms with Crippen LogP contribution in [0.2, 0.25) is 0 Å². The first-order valence-electron chi connectivity index (χ1n) is 8.22. The Kier molecular flexibility index (Phi) is 4.03. The Bertz CT molecular complexity index is 498. The molecule has 114 valence electrons. The molecule has 0 spiro atoms. The fourth-order valence-corrected chi connectivity index (χ4v) is 3.33. The van der Waals surface area contributed by atoms with E-state index in [1.165, 1.54) is 24.0 Å². The number of nitrogens with one attached hydrogen (secondary N) is 1. The van der Waals surface area contributed by atoms with Crippen molar-refractivity contribution in [3.05, 3.63) is 35.4 Å². The number of carbonyl (C=O) groups is 1. The van der Waals surface area contributed by atoms with E-state index in [-0.39, 0.29) is 5.41 Å². The van der Waals surface area contributed by atoms with Gasteiger partial charge in [-0.05, 0) is 44.7 Å². The summed E-state index contributed by atoms with van der Waals surface area (Å²) in [7, 11) is 0. The molecule has 2 aliphatic rings. The van der Waals surface area contributed by atoms with Crippen LogP contribution in [0.4, 0.5) is 0 Å². The van der Waals surface area contributed by atoms with Gasteiger partial charge in [0.15, 0.2) is 0 Å². The molecule has 0 aromatic heterocycles. The Hall–Kier alpha value is -1.35. The predicted molar refractivity (Wildman–Crippen MR) is 85.0 cm³/mol. The van der Waals surface area contributed by atoms with Gasteiger partial charge >= 0.3 is 0 Å². The molecule has 1 aromatic carbocycles. The number of aryl methyl sites for hydroxylation is 1. The van der Waals surface area contributed by atoms with E-state index >= 15 is 0 Å². The van der Waals surface area contributed by atoms with Crippen LogP contribution < -0.4 is 5.32 Å². The molecule has 0 radical (unpaired) electrons. The summed E-state index contributed by atoms with van der Waals surface area (Å²) in [5.41, 5.74) is 2.36. The molecule has 1 N–H and O–H groups in total. The largest absolute Gasteiger partial charge is 0.335 e. The van der Waals surface area contributed by atoms with Gasteiger partial charge in [-0.1, -0.05) is 36.8 Å². The van der Waals surface area contributed by atoms with Crippen LogP contribution in [0.15, 0.2) is 24.3 Å². The van der Waals surface area contributed by atoms with Gasteiger partial charge < -0.3 is 10.2 Å². The molecule has 1 aliphatic carbocycles. The van der Waals surface area contributed by atoms with Crippen molar-refractivity contribution < 1.29 is 4.79 Å². The SMILES string of the molecule is CCC1(C(=O)N(Cc2ccc(C)cc2)C2CC2)CCNC1. The molecule has 1 amide bonds. The standard InChI is InChI=1S/C18H26N2O/c1-3-18(10-11-19-13-18)17(21)20(16-8-9-16)12-15-6-4-14(2)5-7-15/h4-7,16,19H,3,8-13H2,1-2H3. The molecule has 1 saturated carbocycles. The Morgan fingerprint density at radius 2 is 2.05 bits per heavy atom. The first kappa shape index (κ1) is 14.6. The van der Waals surface area contributed by atoms with Crippen molar-refractivity contribution in [2.45, 2.75) is 52.1 Å². The van der Waals surface area contributed by atoms with Crippen LogP contribution in [0.25, 0.3) is 0 Å². The minimum atomic E-state index is -0.159. The molecule has 21 heavy (non-hydrogen) atoms. The van der Waals surface area contributed by atoms with Crippen LogP contribution in [0.5, 0.6) is 0 Å². The second-order valence-corrected chi connectivity index (χ2v) is 6.71. The summed E-state index contributed by atoms with van der Waals surface area (Å²) >= 11 is 0. The van der Waals surface area contributed by atoms with Crippen molar-refractivity contribution in [1.29, 1.82) is 0 Å². The van der Waals surface area contributed by atoms with Crippen LogP contribution in [-0.2, 0) is 11.3 Å². The van der Waals surface area contributed by atoms with Gasteiger partial charge in [0.2, 0.25) is 5.91 Å². The van der Waals surface area contributed by atoms with E-state index < -0.39 is 0 Å². The Labute approximate surface area is 127 Å². The van der Waals surface area contributed by atoms with Crippen molar-refractivity contribution in [2.24, 2.45) is 5.41 Å². The van der Waals surface area contributed by atoms with Crippen LogP contribution in [0.1, 0.15) is 43.7 Å². The number of hydrogen-bond donors (Lipinski definition) is 1. The summed E-state index contributed by atoms with van der Waals surface area (Å²) < 4.78 is 0. The van der Waals surface area contributed by atoms with Crippen LogP contribution in [0, 0.1) is 12.3 Å². The summed E-state index contributed by atoms with van der Waals surface area (Å²) in [6, 6.07) is 9.06. The van der Waals surface area contributed by atoms with Crippen molar-refractivity contribution in [2.75, 3.05) is 13.1 Å². The summed E-state index contributed by atoms with van der Waals surface area (Å²) in [6.07, 6.45) is 4.27. The number of amides is 1. The number of nitrogens with zero attached hydrogens (tertiary/aromatic N) is 1. The fraction of sp³-hybridized carbons (Fsp3) is 0.611. The average Bonchev–Trinajstić information content (AvgIpc) is 3.22. The maximum Gasteiger partial charge on any atom is 0.230 e. The van der Waals surface area contributed by atoms with E-state index in [4.69, 9.17) is 0 Å². The number of carbonyl (C=O) groups excluding carboxylic acids is 1. The monoisotopic (exact) mass is 286 g/mol. The van der Waals surface area contributed by atoms with E-state index in [0.29, 0.717) is 11.9 Å². The van der Waals surface area contributed by atoms with Crippen molar-refractivity contribution in [3.8, 4) is 0 Å². The molecular weight excluding hydrogens is 260 g/mol. The minimum Gasteiger partial charge on any atom is -0.335 e. The smallest absolute Gasteiger partial charge is 0.230 e. The first-order chi connectivity index (χ1) is 10.1. The fourth-order valence-electron chi connectivity index (χ4n) is 3.33. The third-order valence-electron chi connectivity index (χ3n) is 5.10. The molecule has 1 aromatic rings. The molecule has 1 heterocycles. The van der Waals surface area contributed by atoms with Gasteiger partial charge in [0.25, 0.3) is 0 Å². The molecule has 1 aliphatic heterocycles. The molecule has 1 saturated heterocycles. The van der Waals surface area contributed by atoms with E-state index in [1.807, 2.05) is 0 Å². The molecule has 3 rings (SSSR count). The summed E-state index contributed by atoms with van der Waals surface area (Å²) in [4.78, 5) is 15.3. The third-order valence-corrected chi connectivity index (χ3v) is 5.10. The molecular formula is C18H26N2O. The minimum absolute atomic E-state index is 0.159. The topological polar surface area (TPSA) is 32.3 Å². The van der Waals surface area contributed by atoms with Gasteiger partial charge in [0.05, 0.1) is 5.41 Å². The van der Waals surface area contributed by atoms with Gasteiger partial charge in [0.1, 0.15) is 0 Å². The Morgan fingerprint density at radius 3 is 2.57 bits per heavy atom. The molecule has 1 unspecified atom stereocenters.